The molecule has 1 atom stereocenters. The Kier molecular flexibility index (Phi) is 12.8. The largest absolute Gasteiger partial charge is 0.466 e. The maximum absolute atomic E-state index is 13.1. The fourth-order valence-electron chi connectivity index (χ4n) is 2.93. The average molecular weight is 436 g/mol. The van der Waals surface area contributed by atoms with Crippen molar-refractivity contribution < 1.29 is 17.9 Å². The van der Waals surface area contributed by atoms with Crippen LogP contribution in [0.5, 0.6) is 0 Å². The van der Waals surface area contributed by atoms with Gasteiger partial charge in [0.2, 0.25) is 0 Å². The quantitative estimate of drug-likeness (QED) is 0.233. The summed E-state index contributed by atoms with van der Waals surface area (Å²) in [6.45, 7) is 7.15. The van der Waals surface area contributed by atoms with Gasteiger partial charge in [0.25, 0.3) is 0 Å². The van der Waals surface area contributed by atoms with Crippen LogP contribution in [-0.4, -0.2) is 32.8 Å². The van der Waals surface area contributed by atoms with Crippen LogP contribution >= 0.6 is 0 Å². The molecule has 0 aliphatic carbocycles. The Balaban J connectivity index is 2.76. The van der Waals surface area contributed by atoms with E-state index in [1.54, 1.807) is 42.5 Å². The van der Waals surface area contributed by atoms with Crippen LogP contribution in [0.2, 0.25) is 0 Å². The van der Waals surface area contributed by atoms with Gasteiger partial charge in [-0.25, -0.2) is 8.42 Å². The Morgan fingerprint density at radius 1 is 1.07 bits per heavy atom. The molecule has 5 nitrogen and oxygen atoms in total. The van der Waals surface area contributed by atoms with Gasteiger partial charge in [-0.3, -0.25) is 4.79 Å². The molecule has 1 rings (SSSR count). The summed E-state index contributed by atoms with van der Waals surface area (Å²) in [7, 11) is -3.69. The summed E-state index contributed by atoms with van der Waals surface area (Å²) in [6.07, 6.45) is 11.5. The van der Waals surface area contributed by atoms with E-state index in [1.165, 1.54) is 19.3 Å². The van der Waals surface area contributed by atoms with Gasteiger partial charge < -0.3 is 10.1 Å². The molecule has 6 heteroatoms. The van der Waals surface area contributed by atoms with Crippen LogP contribution in [0.1, 0.15) is 65.7 Å². The first kappa shape index (κ1) is 26.0. The smallest absolute Gasteiger partial charge is 0.307 e. The van der Waals surface area contributed by atoms with Crippen molar-refractivity contribution in [1.82, 2.24) is 5.32 Å². The predicted octanol–water partition coefficient (Wildman–Crippen LogP) is 5.19. The van der Waals surface area contributed by atoms with Crippen LogP contribution < -0.4 is 5.32 Å². The minimum atomic E-state index is -3.69. The Labute approximate surface area is 182 Å². The lowest BCUT2D eigenvalue weighted by Gasteiger charge is -2.14. The number of ether oxygens (including phenoxy) is 1. The summed E-state index contributed by atoms with van der Waals surface area (Å²) in [4.78, 5) is 12.5. The maximum Gasteiger partial charge on any atom is 0.307 e. The molecule has 0 bridgehead atoms. The Morgan fingerprint density at radius 3 is 2.40 bits per heavy atom. The molecule has 1 unspecified atom stereocenters. The summed E-state index contributed by atoms with van der Waals surface area (Å²) >= 11 is 0. The first-order valence-electron chi connectivity index (χ1n) is 10.9. The molecule has 0 saturated heterocycles. The van der Waals surface area contributed by atoms with Crippen LogP contribution in [0.4, 0.5) is 0 Å². The van der Waals surface area contributed by atoms with Crippen LogP contribution in [0, 0.1) is 0 Å². The Morgan fingerprint density at radius 2 is 1.73 bits per heavy atom. The number of benzene rings is 1. The number of carbonyl (C=O) groups is 1. The zero-order chi connectivity index (χ0) is 22.2. The van der Waals surface area contributed by atoms with Crippen molar-refractivity contribution in [2.75, 3.05) is 13.2 Å². The van der Waals surface area contributed by atoms with Crippen molar-refractivity contribution in [3.05, 3.63) is 54.3 Å². The van der Waals surface area contributed by atoms with E-state index in [0.29, 0.717) is 6.61 Å². The number of nitrogens with one attached hydrogen (secondary N) is 1. The van der Waals surface area contributed by atoms with Gasteiger partial charge in [0.15, 0.2) is 9.84 Å². The summed E-state index contributed by atoms with van der Waals surface area (Å²) in [5.41, 5.74) is 0.880. The first-order valence-corrected chi connectivity index (χ1v) is 12.5. The van der Waals surface area contributed by atoms with Crippen LogP contribution in [0.3, 0.4) is 0 Å². The van der Waals surface area contributed by atoms with Gasteiger partial charge in [0.05, 0.1) is 23.2 Å². The van der Waals surface area contributed by atoms with E-state index in [4.69, 9.17) is 4.74 Å². The standard InChI is InChI=1S/C24H37NO4S/c1-4-6-7-8-9-13-18-29-24(26)19-23(17-16-21(3)20-25-5-2)30(27,28)22-14-11-10-12-15-22/h10-12,14-17,20,23,25H,4-9,13,18-19H2,1-3H3/b17-16+,21-20+. The number of esters is 1. The van der Waals surface area contributed by atoms with Gasteiger partial charge in [-0.05, 0) is 44.2 Å². The van der Waals surface area contributed by atoms with Crippen LogP contribution in [-0.2, 0) is 19.4 Å². The Bertz CT molecular complexity index is 770. The highest BCUT2D eigenvalue weighted by Crippen LogP contribution is 2.20. The van der Waals surface area contributed by atoms with Gasteiger partial charge >= 0.3 is 5.97 Å². The van der Waals surface area contributed by atoms with E-state index in [0.717, 1.165) is 31.4 Å². The molecule has 0 heterocycles. The SMILES string of the molecule is CCCCCCCCOC(=O)CC(/C=C/C(C)=C/NCC)S(=O)(=O)c1ccccc1. The maximum atomic E-state index is 13.1. The lowest BCUT2D eigenvalue weighted by atomic mass is 10.1. The van der Waals surface area contributed by atoms with E-state index in [9.17, 15) is 13.2 Å². The van der Waals surface area contributed by atoms with E-state index in [2.05, 4.69) is 12.2 Å². The molecule has 0 spiro atoms. The normalized spacial score (nSPS) is 13.4. The van der Waals surface area contributed by atoms with Gasteiger partial charge in [-0.15, -0.1) is 0 Å². The molecule has 0 aromatic heterocycles. The topological polar surface area (TPSA) is 72.5 Å². The van der Waals surface area contributed by atoms with E-state index < -0.39 is 21.1 Å². The number of hydrogen-bond donors (Lipinski definition) is 1. The minimum absolute atomic E-state index is 0.196. The molecule has 0 amide bonds. The number of hydrogen-bond acceptors (Lipinski definition) is 5. The molecule has 1 aromatic rings. The van der Waals surface area contributed by atoms with Crippen molar-refractivity contribution in [1.29, 1.82) is 0 Å². The van der Waals surface area contributed by atoms with Gasteiger partial charge in [-0.1, -0.05) is 69.4 Å². The second-order valence-electron chi connectivity index (χ2n) is 7.39. The molecule has 1 aromatic carbocycles. The molecule has 1 N–H and O–H groups in total. The van der Waals surface area contributed by atoms with Crippen molar-refractivity contribution in [3.8, 4) is 0 Å². The highest BCUT2D eigenvalue weighted by molar-refractivity contribution is 7.92. The number of unbranched alkanes of at least 4 members (excludes halogenated alkanes) is 5. The third-order valence-electron chi connectivity index (χ3n) is 4.71. The molecule has 168 valence electrons. The number of rotatable bonds is 15. The minimum Gasteiger partial charge on any atom is -0.466 e. The highest BCUT2D eigenvalue weighted by atomic mass is 32.2. The number of carbonyl (C=O) groups excluding carboxylic acids is 1. The monoisotopic (exact) mass is 435 g/mol. The Hall–Kier alpha value is -2.08. The predicted molar refractivity (Wildman–Crippen MR) is 123 cm³/mol. The summed E-state index contributed by atoms with van der Waals surface area (Å²) in [6, 6.07) is 8.24. The van der Waals surface area contributed by atoms with Gasteiger partial charge in [0.1, 0.15) is 0 Å². The van der Waals surface area contributed by atoms with E-state index in [-0.39, 0.29) is 11.3 Å². The molecule has 0 aliphatic heterocycles. The second kappa shape index (κ2) is 14.8. The molecular formula is C24H37NO4S. The van der Waals surface area contributed by atoms with E-state index in [1.807, 2.05) is 20.0 Å². The summed E-state index contributed by atoms with van der Waals surface area (Å²) < 4.78 is 31.5. The van der Waals surface area contributed by atoms with Crippen LogP contribution in [0.25, 0.3) is 0 Å². The molecule has 30 heavy (non-hydrogen) atoms. The molecule has 0 radical (unpaired) electrons. The summed E-state index contributed by atoms with van der Waals surface area (Å²) in [5, 5.41) is 2.11. The second-order valence-corrected chi connectivity index (χ2v) is 9.56. The van der Waals surface area contributed by atoms with Crippen molar-refractivity contribution >= 4 is 15.8 Å². The molecular weight excluding hydrogens is 398 g/mol. The fraction of sp³-hybridized carbons (Fsp3) is 0.542. The van der Waals surface area contributed by atoms with Gasteiger partial charge in [-0.2, -0.15) is 0 Å². The average Bonchev–Trinajstić information content (AvgIpc) is 2.75. The highest BCUT2D eigenvalue weighted by Gasteiger charge is 2.28. The third-order valence-corrected chi connectivity index (χ3v) is 6.76. The zero-order valence-corrected chi connectivity index (χ0v) is 19.4. The first-order chi connectivity index (χ1) is 14.4. The van der Waals surface area contributed by atoms with Crippen molar-refractivity contribution in [2.24, 2.45) is 0 Å². The van der Waals surface area contributed by atoms with Crippen LogP contribution in [0.15, 0.2) is 59.2 Å². The molecule has 0 aliphatic rings. The number of allylic oxidation sites excluding steroid dienone is 2. The molecule has 0 saturated carbocycles. The fourth-order valence-corrected chi connectivity index (χ4v) is 4.46. The lowest BCUT2D eigenvalue weighted by molar-refractivity contribution is -0.143. The van der Waals surface area contributed by atoms with Gasteiger partial charge in [0, 0.05) is 6.54 Å². The third kappa shape index (κ3) is 10.1. The number of sulfone groups is 1. The molecule has 0 fully saturated rings. The van der Waals surface area contributed by atoms with Crippen molar-refractivity contribution in [2.45, 2.75) is 75.9 Å². The summed E-state index contributed by atoms with van der Waals surface area (Å²) in [5.74, 6) is -0.481. The zero-order valence-electron chi connectivity index (χ0n) is 18.6. The lowest BCUT2D eigenvalue weighted by Crippen LogP contribution is -2.24. The van der Waals surface area contributed by atoms with Crippen molar-refractivity contribution in [3.63, 3.8) is 0 Å². The van der Waals surface area contributed by atoms with E-state index >= 15 is 0 Å².